The van der Waals surface area contributed by atoms with Crippen molar-refractivity contribution < 1.29 is 4.79 Å². The molecule has 0 saturated heterocycles. The first-order chi connectivity index (χ1) is 6.74. The van der Waals surface area contributed by atoms with Crippen LogP contribution in [0.15, 0.2) is 42.6 Å². The molecule has 14 heavy (non-hydrogen) atoms. The summed E-state index contributed by atoms with van der Waals surface area (Å²) in [5.74, 6) is 0.0620. The lowest BCUT2D eigenvalue weighted by Gasteiger charge is -2.15. The van der Waals surface area contributed by atoms with Crippen molar-refractivity contribution in [2.45, 2.75) is 20.4 Å². The Morgan fingerprint density at radius 2 is 2.00 bits per heavy atom. The predicted octanol–water partition coefficient (Wildman–Crippen LogP) is 2.57. The molecule has 1 aromatic carbocycles. The molecule has 0 heterocycles. The highest BCUT2D eigenvalue weighted by atomic mass is 16.2. The van der Waals surface area contributed by atoms with Gasteiger partial charge in [0.05, 0.1) is 6.54 Å². The maximum atomic E-state index is 11.2. The zero-order chi connectivity index (χ0) is 10.4. The molecule has 0 radical (unpaired) electrons. The second-order valence-corrected chi connectivity index (χ2v) is 3.11. The largest absolute Gasteiger partial charge is 0.315 e. The van der Waals surface area contributed by atoms with Crippen molar-refractivity contribution in [3.05, 3.63) is 48.2 Å². The van der Waals surface area contributed by atoms with Gasteiger partial charge in [-0.25, -0.2) is 0 Å². The summed E-state index contributed by atoms with van der Waals surface area (Å²) in [6.45, 7) is 4.12. The monoisotopic (exact) mass is 189 g/mol. The number of hydrogen-bond donors (Lipinski definition) is 0. The molecule has 0 aromatic heterocycles. The highest BCUT2D eigenvalue weighted by Gasteiger charge is 2.04. The van der Waals surface area contributed by atoms with Crippen LogP contribution >= 0.6 is 0 Å². The molecule has 0 fully saturated rings. The molecule has 1 amide bonds. The van der Waals surface area contributed by atoms with Crippen molar-refractivity contribution >= 4 is 5.91 Å². The van der Waals surface area contributed by atoms with Gasteiger partial charge in [-0.2, -0.15) is 0 Å². The van der Waals surface area contributed by atoms with E-state index in [9.17, 15) is 4.79 Å². The Bertz CT molecular complexity index is 316. The smallest absolute Gasteiger partial charge is 0.223 e. The van der Waals surface area contributed by atoms with Gasteiger partial charge < -0.3 is 4.90 Å². The molecule has 0 atom stereocenters. The van der Waals surface area contributed by atoms with Crippen molar-refractivity contribution in [1.29, 1.82) is 0 Å². The molecule has 2 nitrogen and oxygen atoms in total. The molecule has 0 unspecified atom stereocenters. The Labute approximate surface area is 84.9 Å². The lowest BCUT2D eigenvalue weighted by Crippen LogP contribution is -2.21. The maximum Gasteiger partial charge on any atom is 0.223 e. The average Bonchev–Trinajstić information content (AvgIpc) is 2.18. The van der Waals surface area contributed by atoms with Gasteiger partial charge >= 0.3 is 0 Å². The summed E-state index contributed by atoms with van der Waals surface area (Å²) >= 11 is 0. The third-order valence-corrected chi connectivity index (χ3v) is 1.93. The van der Waals surface area contributed by atoms with Crippen molar-refractivity contribution in [2.75, 3.05) is 0 Å². The minimum atomic E-state index is 0.0620. The van der Waals surface area contributed by atoms with Gasteiger partial charge in [0.15, 0.2) is 0 Å². The summed E-state index contributed by atoms with van der Waals surface area (Å²) in [6, 6.07) is 9.95. The second-order valence-electron chi connectivity index (χ2n) is 3.11. The van der Waals surface area contributed by atoms with Gasteiger partial charge in [-0.1, -0.05) is 36.4 Å². The summed E-state index contributed by atoms with van der Waals surface area (Å²) < 4.78 is 0. The van der Waals surface area contributed by atoms with Gasteiger partial charge in [0.1, 0.15) is 0 Å². The van der Waals surface area contributed by atoms with Crippen LogP contribution in [0.2, 0.25) is 0 Å². The van der Waals surface area contributed by atoms with E-state index in [4.69, 9.17) is 0 Å². The third kappa shape index (κ3) is 3.05. The van der Waals surface area contributed by atoms with Crippen LogP contribution in [0.1, 0.15) is 19.4 Å². The van der Waals surface area contributed by atoms with Crippen molar-refractivity contribution in [1.82, 2.24) is 4.90 Å². The molecule has 0 aliphatic heterocycles. The van der Waals surface area contributed by atoms with E-state index in [1.807, 2.05) is 43.3 Å². The van der Waals surface area contributed by atoms with Crippen LogP contribution in [0.4, 0.5) is 0 Å². The Hall–Kier alpha value is -1.57. The number of carbonyl (C=O) groups excluding carboxylic acids is 1. The first kappa shape index (κ1) is 10.5. The minimum absolute atomic E-state index is 0.0620. The summed E-state index contributed by atoms with van der Waals surface area (Å²) in [4.78, 5) is 12.9. The highest BCUT2D eigenvalue weighted by molar-refractivity contribution is 5.74. The van der Waals surface area contributed by atoms with E-state index in [-0.39, 0.29) is 5.91 Å². The average molecular weight is 189 g/mol. The Kier molecular flexibility index (Phi) is 3.92. The van der Waals surface area contributed by atoms with Gasteiger partial charge in [-0.3, -0.25) is 4.79 Å². The summed E-state index contributed by atoms with van der Waals surface area (Å²) in [5, 5.41) is 0. The first-order valence-electron chi connectivity index (χ1n) is 4.68. The summed E-state index contributed by atoms with van der Waals surface area (Å²) in [6.07, 6.45) is 3.67. The van der Waals surface area contributed by atoms with Gasteiger partial charge in [0, 0.05) is 13.1 Å². The van der Waals surface area contributed by atoms with Gasteiger partial charge in [0.25, 0.3) is 0 Å². The normalized spacial score (nSPS) is 10.4. The van der Waals surface area contributed by atoms with Crippen molar-refractivity contribution in [3.8, 4) is 0 Å². The van der Waals surface area contributed by atoms with Gasteiger partial charge in [0.2, 0.25) is 5.91 Å². The van der Waals surface area contributed by atoms with Crippen molar-refractivity contribution in [3.63, 3.8) is 0 Å². The molecule has 0 spiro atoms. The van der Waals surface area contributed by atoms with Crippen LogP contribution in [0.5, 0.6) is 0 Å². The van der Waals surface area contributed by atoms with Crippen LogP contribution in [0, 0.1) is 0 Å². The topological polar surface area (TPSA) is 20.3 Å². The predicted molar refractivity (Wildman–Crippen MR) is 57.5 cm³/mol. The zero-order valence-electron chi connectivity index (χ0n) is 8.60. The summed E-state index contributed by atoms with van der Waals surface area (Å²) in [5.41, 5.74) is 1.14. The van der Waals surface area contributed by atoms with Crippen LogP contribution < -0.4 is 0 Å². The van der Waals surface area contributed by atoms with E-state index in [2.05, 4.69) is 0 Å². The quantitative estimate of drug-likeness (QED) is 0.715. The van der Waals surface area contributed by atoms with Gasteiger partial charge in [-0.15, -0.1) is 0 Å². The molecule has 0 N–H and O–H groups in total. The van der Waals surface area contributed by atoms with E-state index >= 15 is 0 Å². The number of amides is 1. The molecular weight excluding hydrogens is 174 g/mol. The molecule has 0 saturated carbocycles. The molecule has 2 heteroatoms. The van der Waals surface area contributed by atoms with Gasteiger partial charge in [-0.05, 0) is 12.5 Å². The summed E-state index contributed by atoms with van der Waals surface area (Å²) in [7, 11) is 0. The number of nitrogens with zero attached hydrogens (tertiary/aromatic N) is 1. The zero-order valence-corrected chi connectivity index (χ0v) is 8.60. The molecule has 1 aromatic rings. The number of allylic oxidation sites excluding steroid dienone is 1. The molecule has 0 bridgehead atoms. The second kappa shape index (κ2) is 5.22. The Balaban J connectivity index is 2.70. The van der Waals surface area contributed by atoms with Crippen molar-refractivity contribution in [2.24, 2.45) is 0 Å². The van der Waals surface area contributed by atoms with Crippen LogP contribution in [-0.4, -0.2) is 10.8 Å². The standard InChI is InChI=1S/C12H15NO/c1-3-9-13(11(2)14)10-12-7-5-4-6-8-12/h3-9H,10H2,1-2H3/b9-3-. The molecule has 0 aliphatic rings. The third-order valence-electron chi connectivity index (χ3n) is 1.93. The number of carbonyl (C=O) groups is 1. The van der Waals surface area contributed by atoms with Crippen LogP contribution in [-0.2, 0) is 11.3 Å². The number of hydrogen-bond acceptors (Lipinski definition) is 1. The lowest BCUT2D eigenvalue weighted by molar-refractivity contribution is -0.126. The SMILES string of the molecule is C/C=C\N(Cc1ccccc1)C(C)=O. The number of rotatable bonds is 3. The fraction of sp³-hybridized carbons (Fsp3) is 0.250. The fourth-order valence-corrected chi connectivity index (χ4v) is 1.23. The van der Waals surface area contributed by atoms with E-state index < -0.39 is 0 Å². The lowest BCUT2D eigenvalue weighted by atomic mass is 10.2. The highest BCUT2D eigenvalue weighted by Crippen LogP contribution is 2.04. The van der Waals surface area contributed by atoms with E-state index in [0.717, 1.165) is 5.56 Å². The van der Waals surface area contributed by atoms with Crippen LogP contribution in [0.3, 0.4) is 0 Å². The first-order valence-corrected chi connectivity index (χ1v) is 4.68. The van der Waals surface area contributed by atoms with E-state index in [1.54, 1.807) is 18.0 Å². The van der Waals surface area contributed by atoms with E-state index in [0.29, 0.717) is 6.54 Å². The molecule has 74 valence electrons. The molecular formula is C12H15NO. The minimum Gasteiger partial charge on any atom is -0.315 e. The molecule has 1 rings (SSSR count). The Morgan fingerprint density at radius 1 is 1.36 bits per heavy atom. The fourth-order valence-electron chi connectivity index (χ4n) is 1.23. The van der Waals surface area contributed by atoms with E-state index in [1.165, 1.54) is 0 Å². The number of benzene rings is 1. The maximum absolute atomic E-state index is 11.2. The molecule has 0 aliphatic carbocycles. The van der Waals surface area contributed by atoms with Crippen LogP contribution in [0.25, 0.3) is 0 Å². The Morgan fingerprint density at radius 3 is 2.50 bits per heavy atom.